The molecule has 0 aliphatic heterocycles. The SMILES string of the molecule is Cn1nccc1C1CC1(F)F. The molecule has 1 saturated carbocycles. The fourth-order valence-electron chi connectivity index (χ4n) is 1.26. The third-order valence-electron chi connectivity index (χ3n) is 2.04. The average Bonchev–Trinajstić information content (AvgIpc) is 2.38. The van der Waals surface area contributed by atoms with E-state index in [1.165, 1.54) is 4.68 Å². The first-order chi connectivity index (χ1) is 5.11. The molecule has 0 N–H and O–H groups in total. The van der Waals surface area contributed by atoms with Crippen LogP contribution in [0.1, 0.15) is 18.0 Å². The van der Waals surface area contributed by atoms with Gasteiger partial charge >= 0.3 is 0 Å². The number of aromatic nitrogens is 2. The summed E-state index contributed by atoms with van der Waals surface area (Å²) in [7, 11) is 1.68. The van der Waals surface area contributed by atoms with Gasteiger partial charge in [-0.25, -0.2) is 8.78 Å². The molecule has 1 aliphatic rings. The zero-order valence-corrected chi connectivity index (χ0v) is 6.09. The van der Waals surface area contributed by atoms with E-state index in [9.17, 15) is 8.78 Å². The summed E-state index contributed by atoms with van der Waals surface area (Å²) in [5, 5.41) is 3.83. The highest BCUT2D eigenvalue weighted by Gasteiger charge is 2.58. The second-order valence-electron chi connectivity index (χ2n) is 2.90. The van der Waals surface area contributed by atoms with Crippen LogP contribution in [-0.4, -0.2) is 15.7 Å². The standard InChI is InChI=1S/C7H8F2N2/c1-11-6(2-3-10-11)5-4-7(5,8)9/h2-3,5H,4H2,1H3. The van der Waals surface area contributed by atoms with Crippen molar-refractivity contribution in [2.75, 3.05) is 0 Å². The Kier molecular flexibility index (Phi) is 1.11. The molecule has 11 heavy (non-hydrogen) atoms. The zero-order chi connectivity index (χ0) is 8.06. The van der Waals surface area contributed by atoms with Crippen LogP contribution in [0.2, 0.25) is 0 Å². The highest BCUT2D eigenvalue weighted by Crippen LogP contribution is 2.55. The van der Waals surface area contributed by atoms with Gasteiger partial charge in [-0.2, -0.15) is 5.10 Å². The highest BCUT2D eigenvalue weighted by atomic mass is 19.3. The largest absolute Gasteiger partial charge is 0.272 e. The van der Waals surface area contributed by atoms with Gasteiger partial charge in [-0.1, -0.05) is 0 Å². The number of nitrogens with zero attached hydrogens (tertiary/aromatic N) is 2. The lowest BCUT2D eigenvalue weighted by molar-refractivity contribution is 0.111. The lowest BCUT2D eigenvalue weighted by atomic mass is 10.3. The molecule has 1 aromatic rings. The molecule has 1 heterocycles. The number of halogens is 2. The fraction of sp³-hybridized carbons (Fsp3) is 0.571. The Morgan fingerprint density at radius 3 is 2.73 bits per heavy atom. The molecule has 1 aromatic heterocycles. The van der Waals surface area contributed by atoms with Crippen molar-refractivity contribution in [3.05, 3.63) is 18.0 Å². The molecule has 2 rings (SSSR count). The van der Waals surface area contributed by atoms with Crippen LogP contribution in [0, 0.1) is 0 Å². The van der Waals surface area contributed by atoms with Crippen LogP contribution in [0.3, 0.4) is 0 Å². The molecule has 0 bridgehead atoms. The Morgan fingerprint density at radius 2 is 2.36 bits per heavy atom. The summed E-state index contributed by atoms with van der Waals surface area (Å²) >= 11 is 0. The summed E-state index contributed by atoms with van der Waals surface area (Å²) in [4.78, 5) is 0. The molecule has 1 aliphatic carbocycles. The minimum atomic E-state index is -2.48. The fourth-order valence-corrected chi connectivity index (χ4v) is 1.26. The molecule has 4 heteroatoms. The molecule has 1 fully saturated rings. The second-order valence-corrected chi connectivity index (χ2v) is 2.90. The van der Waals surface area contributed by atoms with Crippen LogP contribution in [0.4, 0.5) is 8.78 Å². The van der Waals surface area contributed by atoms with Gasteiger partial charge in [0.1, 0.15) is 0 Å². The van der Waals surface area contributed by atoms with Gasteiger partial charge < -0.3 is 0 Å². The Labute approximate surface area is 62.8 Å². The van der Waals surface area contributed by atoms with Crippen molar-refractivity contribution < 1.29 is 8.78 Å². The molecule has 2 nitrogen and oxygen atoms in total. The van der Waals surface area contributed by atoms with Gasteiger partial charge in [0.05, 0.1) is 5.92 Å². The van der Waals surface area contributed by atoms with Crippen molar-refractivity contribution in [1.29, 1.82) is 0 Å². The first-order valence-corrected chi connectivity index (χ1v) is 3.47. The van der Waals surface area contributed by atoms with E-state index in [1.54, 1.807) is 19.3 Å². The van der Waals surface area contributed by atoms with Crippen LogP contribution in [-0.2, 0) is 7.05 Å². The smallest absolute Gasteiger partial charge is 0.257 e. The lowest BCUT2D eigenvalue weighted by Gasteiger charge is -1.98. The van der Waals surface area contributed by atoms with E-state index in [-0.39, 0.29) is 6.42 Å². The van der Waals surface area contributed by atoms with Crippen molar-refractivity contribution >= 4 is 0 Å². The van der Waals surface area contributed by atoms with Crippen LogP contribution < -0.4 is 0 Å². The molecular weight excluding hydrogens is 150 g/mol. The maximum absolute atomic E-state index is 12.5. The Bertz CT molecular complexity index is 280. The molecule has 0 aromatic carbocycles. The molecule has 0 amide bonds. The summed E-state index contributed by atoms with van der Waals surface area (Å²) < 4.78 is 26.5. The van der Waals surface area contributed by atoms with E-state index in [0.29, 0.717) is 5.69 Å². The number of alkyl halides is 2. The topological polar surface area (TPSA) is 17.8 Å². The van der Waals surface area contributed by atoms with Crippen molar-refractivity contribution in [3.8, 4) is 0 Å². The number of hydrogen-bond donors (Lipinski definition) is 0. The van der Waals surface area contributed by atoms with Gasteiger partial charge in [-0.3, -0.25) is 4.68 Å². The van der Waals surface area contributed by atoms with Crippen molar-refractivity contribution in [3.63, 3.8) is 0 Å². The highest BCUT2D eigenvalue weighted by molar-refractivity contribution is 5.21. The van der Waals surface area contributed by atoms with Gasteiger partial charge in [0.15, 0.2) is 0 Å². The minimum absolute atomic E-state index is 0.0213. The van der Waals surface area contributed by atoms with E-state index >= 15 is 0 Å². The maximum Gasteiger partial charge on any atom is 0.257 e. The number of aryl methyl sites for hydroxylation is 1. The van der Waals surface area contributed by atoms with Crippen LogP contribution in [0.15, 0.2) is 12.3 Å². The van der Waals surface area contributed by atoms with E-state index < -0.39 is 11.8 Å². The Hall–Kier alpha value is -0.930. The molecule has 60 valence electrons. The van der Waals surface area contributed by atoms with Crippen molar-refractivity contribution in [2.45, 2.75) is 18.3 Å². The van der Waals surface area contributed by atoms with Crippen LogP contribution in [0.25, 0.3) is 0 Å². The molecule has 0 radical (unpaired) electrons. The summed E-state index contributed by atoms with van der Waals surface area (Å²) in [6.07, 6.45) is 1.52. The van der Waals surface area contributed by atoms with Gasteiger partial charge in [-0.05, 0) is 6.07 Å². The summed E-state index contributed by atoms with van der Waals surface area (Å²) in [5.74, 6) is -3.07. The van der Waals surface area contributed by atoms with E-state index in [1.807, 2.05) is 0 Å². The van der Waals surface area contributed by atoms with Crippen LogP contribution >= 0.6 is 0 Å². The summed E-state index contributed by atoms with van der Waals surface area (Å²) in [6.45, 7) is 0. The molecule has 1 atom stereocenters. The predicted octanol–water partition coefficient (Wildman–Crippen LogP) is 1.54. The lowest BCUT2D eigenvalue weighted by Crippen LogP contribution is -2.00. The summed E-state index contributed by atoms with van der Waals surface area (Å²) in [5.41, 5.74) is 0.634. The van der Waals surface area contributed by atoms with Crippen LogP contribution in [0.5, 0.6) is 0 Å². The Morgan fingerprint density at radius 1 is 1.73 bits per heavy atom. The Balaban J connectivity index is 2.27. The second kappa shape index (κ2) is 1.81. The quantitative estimate of drug-likeness (QED) is 0.606. The van der Waals surface area contributed by atoms with Crippen molar-refractivity contribution in [2.24, 2.45) is 7.05 Å². The minimum Gasteiger partial charge on any atom is -0.272 e. The normalized spacial score (nSPS) is 27.0. The first-order valence-electron chi connectivity index (χ1n) is 3.47. The monoisotopic (exact) mass is 158 g/mol. The molecular formula is C7H8F2N2. The van der Waals surface area contributed by atoms with E-state index in [2.05, 4.69) is 5.10 Å². The van der Waals surface area contributed by atoms with E-state index in [4.69, 9.17) is 0 Å². The molecule has 0 saturated heterocycles. The van der Waals surface area contributed by atoms with Gasteiger partial charge in [-0.15, -0.1) is 0 Å². The van der Waals surface area contributed by atoms with Gasteiger partial charge in [0, 0.05) is 25.4 Å². The first kappa shape index (κ1) is 6.76. The van der Waals surface area contributed by atoms with E-state index in [0.717, 1.165) is 0 Å². The number of rotatable bonds is 1. The third-order valence-corrected chi connectivity index (χ3v) is 2.04. The predicted molar refractivity (Wildman–Crippen MR) is 35.5 cm³/mol. The third kappa shape index (κ3) is 0.931. The van der Waals surface area contributed by atoms with Gasteiger partial charge in [0.2, 0.25) is 0 Å². The number of hydrogen-bond acceptors (Lipinski definition) is 1. The molecule has 1 unspecified atom stereocenters. The summed E-state index contributed by atoms with van der Waals surface area (Å²) in [6, 6.07) is 1.64. The average molecular weight is 158 g/mol. The van der Waals surface area contributed by atoms with Gasteiger partial charge in [0.25, 0.3) is 5.92 Å². The maximum atomic E-state index is 12.5. The van der Waals surface area contributed by atoms with Crippen molar-refractivity contribution in [1.82, 2.24) is 9.78 Å². The zero-order valence-electron chi connectivity index (χ0n) is 6.09. The molecule has 0 spiro atoms.